The number of aliphatic hydroxyl groups excluding tert-OH is 1. The molecule has 3 N–H and O–H groups in total. The van der Waals surface area contributed by atoms with Gasteiger partial charge in [0.1, 0.15) is 18.0 Å². The number of piperazine rings is 1. The fourth-order valence-corrected chi connectivity index (χ4v) is 3.72. The number of nitrogens with zero attached hydrogens (tertiary/aromatic N) is 3. The molecule has 7 nitrogen and oxygen atoms in total. The zero-order valence-corrected chi connectivity index (χ0v) is 18.0. The summed E-state index contributed by atoms with van der Waals surface area (Å²) in [6, 6.07) is 15.6. The predicted octanol–water partition coefficient (Wildman–Crippen LogP) is 2.99. The number of H-pyrrole nitrogens is 1. The largest absolute Gasteiger partial charge is 0.385 e. The Morgan fingerprint density at radius 3 is 2.77 bits per heavy atom. The summed E-state index contributed by atoms with van der Waals surface area (Å²) in [6.07, 6.45) is 1.01. The number of nitrogens with one attached hydrogen (secondary N) is 2. The molecule has 0 aliphatic carbocycles. The van der Waals surface area contributed by atoms with E-state index in [-0.39, 0.29) is 18.3 Å². The van der Waals surface area contributed by atoms with Gasteiger partial charge in [-0.1, -0.05) is 29.8 Å². The first kappa shape index (κ1) is 22.8. The van der Waals surface area contributed by atoms with Gasteiger partial charge in [0.15, 0.2) is 0 Å². The number of carbonyl (C=O) groups excluding carboxylic acids is 1. The summed E-state index contributed by atoms with van der Waals surface area (Å²) in [4.78, 5) is 22.1. The van der Waals surface area contributed by atoms with Crippen molar-refractivity contribution in [2.75, 3.05) is 18.0 Å². The van der Waals surface area contributed by atoms with E-state index in [2.05, 4.69) is 21.4 Å². The molecule has 31 heavy (non-hydrogen) atoms. The Kier molecular flexibility index (Phi) is 7.31. The van der Waals surface area contributed by atoms with E-state index in [0.29, 0.717) is 47.3 Å². The number of aromatic amines is 1. The minimum atomic E-state index is -1.07. The number of amides is 1. The molecule has 1 amide bonds. The lowest BCUT2D eigenvalue weighted by molar-refractivity contribution is -0.124. The monoisotopic (exact) mass is 457 g/mol. The third-order valence-corrected chi connectivity index (χ3v) is 5.32. The highest BCUT2D eigenvalue weighted by Crippen LogP contribution is 2.25. The van der Waals surface area contributed by atoms with Crippen molar-refractivity contribution in [1.82, 2.24) is 15.3 Å². The van der Waals surface area contributed by atoms with E-state index in [0.717, 1.165) is 5.56 Å². The van der Waals surface area contributed by atoms with Gasteiger partial charge in [-0.05, 0) is 35.9 Å². The van der Waals surface area contributed by atoms with Gasteiger partial charge in [0.25, 0.3) is 0 Å². The Morgan fingerprint density at radius 1 is 1.29 bits per heavy atom. The van der Waals surface area contributed by atoms with Crippen molar-refractivity contribution in [2.24, 2.45) is 0 Å². The first-order chi connectivity index (χ1) is 14.5. The molecule has 2 heterocycles. The molecule has 9 heteroatoms. The van der Waals surface area contributed by atoms with Crippen molar-refractivity contribution in [3.63, 3.8) is 0 Å². The predicted molar refractivity (Wildman–Crippen MR) is 120 cm³/mol. The summed E-state index contributed by atoms with van der Waals surface area (Å²) in [7, 11) is 0. The lowest BCUT2D eigenvalue weighted by atomic mass is 10.0. The van der Waals surface area contributed by atoms with Crippen LogP contribution in [0.5, 0.6) is 0 Å². The number of nitriles is 1. The van der Waals surface area contributed by atoms with Gasteiger partial charge in [0, 0.05) is 30.2 Å². The molecular weight excluding hydrogens is 437 g/mol. The summed E-state index contributed by atoms with van der Waals surface area (Å²) in [6.45, 7) is 1.04. The van der Waals surface area contributed by atoms with Gasteiger partial charge in [0.2, 0.25) is 5.91 Å². The number of hydrogen-bond donors (Lipinski definition) is 3. The lowest BCUT2D eigenvalue weighted by Crippen LogP contribution is -2.57. The van der Waals surface area contributed by atoms with Crippen molar-refractivity contribution >= 4 is 35.6 Å². The Balaban J connectivity index is 0.00000272. The molecule has 1 fully saturated rings. The van der Waals surface area contributed by atoms with E-state index in [4.69, 9.17) is 16.9 Å². The van der Waals surface area contributed by atoms with E-state index in [9.17, 15) is 9.90 Å². The summed E-state index contributed by atoms with van der Waals surface area (Å²) < 4.78 is 0. The maximum absolute atomic E-state index is 13.0. The quantitative estimate of drug-likeness (QED) is 0.545. The molecule has 1 aliphatic heterocycles. The molecule has 0 bridgehead atoms. The lowest BCUT2D eigenvalue weighted by Gasteiger charge is -2.35. The number of hydrogen-bond acceptors (Lipinski definition) is 5. The number of rotatable bonds is 5. The van der Waals surface area contributed by atoms with Gasteiger partial charge in [-0.3, -0.25) is 4.79 Å². The number of aliphatic hydroxyl groups is 1. The Bertz CT molecular complexity index is 1090. The zero-order chi connectivity index (χ0) is 21.1. The minimum Gasteiger partial charge on any atom is -0.385 e. The topological polar surface area (TPSA) is 105 Å². The molecule has 1 saturated heterocycles. The van der Waals surface area contributed by atoms with Gasteiger partial charge in [0.05, 0.1) is 23.5 Å². The van der Waals surface area contributed by atoms with Crippen LogP contribution in [-0.2, 0) is 11.2 Å². The van der Waals surface area contributed by atoms with Crippen LogP contribution in [-0.4, -0.2) is 40.1 Å². The second-order valence-electron chi connectivity index (χ2n) is 7.12. The van der Waals surface area contributed by atoms with E-state index in [1.807, 2.05) is 18.2 Å². The van der Waals surface area contributed by atoms with Crippen LogP contribution in [0.3, 0.4) is 0 Å². The van der Waals surface area contributed by atoms with Gasteiger partial charge in [-0.25, -0.2) is 4.98 Å². The van der Waals surface area contributed by atoms with Crippen LogP contribution < -0.4 is 10.2 Å². The molecule has 3 aromatic rings. The van der Waals surface area contributed by atoms with Crippen molar-refractivity contribution in [3.05, 3.63) is 82.4 Å². The highest BCUT2D eigenvalue weighted by Gasteiger charge is 2.36. The Morgan fingerprint density at radius 2 is 2.06 bits per heavy atom. The van der Waals surface area contributed by atoms with Gasteiger partial charge < -0.3 is 20.3 Å². The molecule has 1 aromatic heterocycles. The van der Waals surface area contributed by atoms with E-state index in [1.54, 1.807) is 41.4 Å². The van der Waals surface area contributed by atoms with Crippen LogP contribution >= 0.6 is 24.0 Å². The normalized spacial score (nSPS) is 17.0. The van der Waals surface area contributed by atoms with E-state index >= 15 is 0 Å². The summed E-state index contributed by atoms with van der Waals surface area (Å²) in [5.41, 5.74) is 2.76. The third-order valence-electron chi connectivity index (χ3n) is 5.09. The number of benzene rings is 2. The maximum Gasteiger partial charge on any atom is 0.247 e. The van der Waals surface area contributed by atoms with Crippen molar-refractivity contribution in [3.8, 4) is 6.07 Å². The molecule has 160 valence electrons. The molecular formula is C22H21Cl2N5O2. The first-order valence-electron chi connectivity index (χ1n) is 9.56. The Labute approximate surface area is 191 Å². The summed E-state index contributed by atoms with van der Waals surface area (Å²) >= 11 is 6.06. The van der Waals surface area contributed by atoms with Crippen molar-refractivity contribution in [1.29, 1.82) is 5.26 Å². The third kappa shape index (κ3) is 5.06. The average Bonchev–Trinajstić information content (AvgIpc) is 3.22. The number of aromatic nitrogens is 2. The first-order valence-corrected chi connectivity index (χ1v) is 9.94. The van der Waals surface area contributed by atoms with Crippen LogP contribution in [0.15, 0.2) is 54.7 Å². The molecule has 0 radical (unpaired) electrons. The van der Waals surface area contributed by atoms with Crippen molar-refractivity contribution < 1.29 is 9.90 Å². The fourth-order valence-electron chi connectivity index (χ4n) is 3.53. The molecule has 4 rings (SSSR count). The maximum atomic E-state index is 13.0. The van der Waals surface area contributed by atoms with Gasteiger partial charge >= 0.3 is 0 Å². The van der Waals surface area contributed by atoms with Crippen LogP contribution in [0.1, 0.15) is 28.7 Å². The second-order valence-corrected chi connectivity index (χ2v) is 7.55. The molecule has 0 spiro atoms. The Hall–Kier alpha value is -2.89. The fraction of sp³-hybridized carbons (Fsp3) is 0.227. The summed E-state index contributed by atoms with van der Waals surface area (Å²) in [5.74, 6) is 0.447. The molecule has 0 saturated carbocycles. The smallest absolute Gasteiger partial charge is 0.247 e. The molecule has 1 aliphatic rings. The number of carbonyl (C=O) groups is 1. The van der Waals surface area contributed by atoms with Crippen LogP contribution in [0, 0.1) is 11.3 Å². The number of halogens is 2. The number of imidazole rings is 1. The SMILES string of the molecule is Cl.N#Cc1ccc(Cc2ncc(C(O)C3NCCN(c4cccc(Cl)c4)C3=O)[nH]2)cc1. The minimum absolute atomic E-state index is 0. The van der Waals surface area contributed by atoms with Gasteiger partial charge in [-0.15, -0.1) is 12.4 Å². The molecule has 2 atom stereocenters. The van der Waals surface area contributed by atoms with Gasteiger partial charge in [-0.2, -0.15) is 5.26 Å². The average molecular weight is 458 g/mol. The highest BCUT2D eigenvalue weighted by atomic mass is 35.5. The second kappa shape index (κ2) is 9.94. The standard InChI is InChI=1S/C22H20ClN5O2.ClH/c23-16-2-1-3-17(11-16)28-9-8-25-20(22(28)30)21(29)18-13-26-19(27-18)10-14-4-6-15(12-24)7-5-14;/h1-7,11,13,20-21,25,29H,8-10H2,(H,26,27);1H. The number of anilines is 1. The highest BCUT2D eigenvalue weighted by molar-refractivity contribution is 6.30. The van der Waals surface area contributed by atoms with E-state index in [1.165, 1.54) is 0 Å². The molecule has 2 aromatic carbocycles. The van der Waals surface area contributed by atoms with E-state index < -0.39 is 12.1 Å². The van der Waals surface area contributed by atoms with Crippen LogP contribution in [0.4, 0.5) is 5.69 Å². The zero-order valence-electron chi connectivity index (χ0n) is 16.5. The summed E-state index contributed by atoms with van der Waals surface area (Å²) in [5, 5.41) is 23.4. The van der Waals surface area contributed by atoms with Crippen LogP contribution in [0.2, 0.25) is 5.02 Å². The van der Waals surface area contributed by atoms with Crippen LogP contribution in [0.25, 0.3) is 0 Å². The molecule has 2 unspecified atom stereocenters. The van der Waals surface area contributed by atoms with Crippen molar-refractivity contribution in [2.45, 2.75) is 18.6 Å².